The van der Waals surface area contributed by atoms with Gasteiger partial charge in [-0.15, -0.1) is 0 Å². The lowest BCUT2D eigenvalue weighted by atomic mass is 9.77. The van der Waals surface area contributed by atoms with E-state index in [0.717, 1.165) is 11.8 Å². The zero-order valence-electron chi connectivity index (χ0n) is 7.85. The molecule has 0 aliphatic heterocycles. The summed E-state index contributed by atoms with van der Waals surface area (Å²) in [6.45, 7) is 7.06. The normalized spacial score (nSPS) is 40.4. The number of rotatable bonds is 2. The van der Waals surface area contributed by atoms with Gasteiger partial charge >= 0.3 is 0 Å². The Bertz CT molecular complexity index is 179. The molecule has 2 N–H and O–H groups in total. The van der Waals surface area contributed by atoms with Crippen molar-refractivity contribution in [2.24, 2.45) is 23.0 Å². The third-order valence-corrected chi connectivity index (χ3v) is 4.11. The first kappa shape index (κ1) is 7.60. The first-order chi connectivity index (χ1) is 4.97. The Hall–Kier alpha value is -0.0400. The minimum atomic E-state index is 0.211. The molecule has 2 fully saturated rings. The second kappa shape index (κ2) is 1.82. The fraction of sp³-hybridized carbons (Fsp3) is 1.00. The van der Waals surface area contributed by atoms with Crippen molar-refractivity contribution in [3.8, 4) is 0 Å². The van der Waals surface area contributed by atoms with Gasteiger partial charge in [-0.2, -0.15) is 0 Å². The van der Waals surface area contributed by atoms with Crippen molar-refractivity contribution >= 4 is 0 Å². The molecule has 2 saturated carbocycles. The molecule has 0 aromatic heterocycles. The van der Waals surface area contributed by atoms with Crippen molar-refractivity contribution in [1.82, 2.24) is 0 Å². The Morgan fingerprint density at radius 2 is 1.82 bits per heavy atom. The van der Waals surface area contributed by atoms with Crippen LogP contribution >= 0.6 is 0 Å². The molecule has 0 bridgehead atoms. The number of hydrogen-bond donors (Lipinski definition) is 1. The summed E-state index contributed by atoms with van der Waals surface area (Å²) in [4.78, 5) is 0. The molecular weight excluding hydrogens is 134 g/mol. The third-order valence-electron chi connectivity index (χ3n) is 4.11. The Morgan fingerprint density at radius 3 is 2.09 bits per heavy atom. The Kier molecular flexibility index (Phi) is 1.26. The standard InChI is InChI=1S/C10H19N/c1-7-6-8(7)9(2,3)10(11)4-5-10/h7-8H,4-6,11H2,1-3H3. The summed E-state index contributed by atoms with van der Waals surface area (Å²) in [7, 11) is 0. The topological polar surface area (TPSA) is 26.0 Å². The zero-order chi connectivity index (χ0) is 8.28. The number of hydrogen-bond acceptors (Lipinski definition) is 1. The van der Waals surface area contributed by atoms with E-state index in [1.807, 2.05) is 0 Å². The lowest BCUT2D eigenvalue weighted by Crippen LogP contribution is -2.41. The SMILES string of the molecule is CC1CC1C(C)(C)C1(N)CC1. The van der Waals surface area contributed by atoms with E-state index in [9.17, 15) is 0 Å². The second-order valence-electron chi connectivity index (χ2n) is 5.20. The van der Waals surface area contributed by atoms with E-state index in [1.165, 1.54) is 19.3 Å². The number of nitrogens with two attached hydrogens (primary N) is 1. The largest absolute Gasteiger partial charge is 0.325 e. The summed E-state index contributed by atoms with van der Waals surface area (Å²) >= 11 is 0. The smallest absolute Gasteiger partial charge is 0.0210 e. The molecule has 1 heteroatoms. The van der Waals surface area contributed by atoms with Gasteiger partial charge in [0.1, 0.15) is 0 Å². The third kappa shape index (κ3) is 0.936. The highest BCUT2D eigenvalue weighted by atomic mass is 14.9. The molecule has 0 heterocycles. The summed E-state index contributed by atoms with van der Waals surface area (Å²) < 4.78 is 0. The fourth-order valence-corrected chi connectivity index (χ4v) is 2.48. The average molecular weight is 153 g/mol. The molecule has 0 aromatic carbocycles. The predicted octanol–water partition coefficient (Wildman–Crippen LogP) is 2.16. The van der Waals surface area contributed by atoms with Crippen LogP contribution in [0.15, 0.2) is 0 Å². The molecule has 1 nitrogen and oxygen atoms in total. The maximum absolute atomic E-state index is 6.23. The van der Waals surface area contributed by atoms with Crippen LogP contribution in [-0.4, -0.2) is 5.54 Å². The van der Waals surface area contributed by atoms with Crippen LogP contribution in [0.2, 0.25) is 0 Å². The molecule has 2 atom stereocenters. The summed E-state index contributed by atoms with van der Waals surface area (Å²) in [6.07, 6.45) is 3.92. The van der Waals surface area contributed by atoms with Gasteiger partial charge in [0.05, 0.1) is 0 Å². The molecule has 11 heavy (non-hydrogen) atoms. The molecule has 2 unspecified atom stereocenters. The monoisotopic (exact) mass is 153 g/mol. The summed E-state index contributed by atoms with van der Waals surface area (Å²) in [5, 5.41) is 0. The molecule has 0 spiro atoms. The molecular formula is C10H19N. The van der Waals surface area contributed by atoms with Gasteiger partial charge in [-0.3, -0.25) is 0 Å². The van der Waals surface area contributed by atoms with Gasteiger partial charge in [-0.05, 0) is 36.5 Å². The van der Waals surface area contributed by atoms with E-state index in [2.05, 4.69) is 20.8 Å². The van der Waals surface area contributed by atoms with Gasteiger partial charge in [0, 0.05) is 5.54 Å². The Morgan fingerprint density at radius 1 is 1.36 bits per heavy atom. The minimum absolute atomic E-state index is 0.211. The Labute approximate surface area is 69.4 Å². The quantitative estimate of drug-likeness (QED) is 0.646. The van der Waals surface area contributed by atoms with Gasteiger partial charge in [0.25, 0.3) is 0 Å². The van der Waals surface area contributed by atoms with Crippen molar-refractivity contribution < 1.29 is 0 Å². The van der Waals surface area contributed by atoms with Crippen molar-refractivity contribution in [2.75, 3.05) is 0 Å². The van der Waals surface area contributed by atoms with Crippen LogP contribution in [0.25, 0.3) is 0 Å². The molecule has 0 aromatic rings. The van der Waals surface area contributed by atoms with E-state index >= 15 is 0 Å². The highest BCUT2D eigenvalue weighted by Gasteiger charge is 2.59. The molecule has 2 aliphatic rings. The second-order valence-corrected chi connectivity index (χ2v) is 5.20. The van der Waals surface area contributed by atoms with Gasteiger partial charge in [0.15, 0.2) is 0 Å². The van der Waals surface area contributed by atoms with Crippen molar-refractivity contribution in [1.29, 1.82) is 0 Å². The first-order valence-corrected chi connectivity index (χ1v) is 4.76. The van der Waals surface area contributed by atoms with Crippen molar-refractivity contribution in [3.63, 3.8) is 0 Å². The fourth-order valence-electron chi connectivity index (χ4n) is 2.48. The van der Waals surface area contributed by atoms with Crippen LogP contribution in [0.5, 0.6) is 0 Å². The van der Waals surface area contributed by atoms with Crippen molar-refractivity contribution in [3.05, 3.63) is 0 Å². The molecule has 2 aliphatic carbocycles. The molecule has 0 radical (unpaired) electrons. The lowest BCUT2D eigenvalue weighted by Gasteiger charge is -2.32. The molecule has 64 valence electrons. The van der Waals surface area contributed by atoms with Gasteiger partial charge < -0.3 is 5.73 Å². The van der Waals surface area contributed by atoms with Crippen molar-refractivity contribution in [2.45, 2.75) is 45.6 Å². The summed E-state index contributed by atoms with van der Waals surface area (Å²) in [6, 6.07) is 0. The zero-order valence-corrected chi connectivity index (χ0v) is 7.85. The van der Waals surface area contributed by atoms with Crippen LogP contribution in [0.3, 0.4) is 0 Å². The van der Waals surface area contributed by atoms with Crippen LogP contribution in [-0.2, 0) is 0 Å². The Balaban J connectivity index is 2.09. The minimum Gasteiger partial charge on any atom is -0.325 e. The van der Waals surface area contributed by atoms with Crippen LogP contribution in [0.1, 0.15) is 40.0 Å². The highest BCUT2D eigenvalue weighted by Crippen LogP contribution is 2.61. The van der Waals surface area contributed by atoms with Gasteiger partial charge in [0.2, 0.25) is 0 Å². The van der Waals surface area contributed by atoms with Crippen LogP contribution in [0.4, 0.5) is 0 Å². The van der Waals surface area contributed by atoms with E-state index in [1.54, 1.807) is 0 Å². The van der Waals surface area contributed by atoms with Gasteiger partial charge in [-0.25, -0.2) is 0 Å². The maximum Gasteiger partial charge on any atom is 0.0210 e. The first-order valence-electron chi connectivity index (χ1n) is 4.76. The molecule has 2 rings (SSSR count). The van der Waals surface area contributed by atoms with Crippen LogP contribution < -0.4 is 5.73 Å². The van der Waals surface area contributed by atoms with Crippen LogP contribution in [0, 0.1) is 17.3 Å². The summed E-state index contributed by atoms with van der Waals surface area (Å²) in [5.74, 6) is 1.85. The lowest BCUT2D eigenvalue weighted by molar-refractivity contribution is 0.213. The van der Waals surface area contributed by atoms with E-state index in [0.29, 0.717) is 5.41 Å². The van der Waals surface area contributed by atoms with E-state index in [-0.39, 0.29) is 5.54 Å². The van der Waals surface area contributed by atoms with E-state index in [4.69, 9.17) is 5.73 Å². The predicted molar refractivity (Wildman–Crippen MR) is 47.2 cm³/mol. The maximum atomic E-state index is 6.23. The summed E-state index contributed by atoms with van der Waals surface area (Å²) in [5.41, 5.74) is 6.85. The van der Waals surface area contributed by atoms with E-state index < -0.39 is 0 Å². The molecule has 0 amide bonds. The molecule has 0 saturated heterocycles. The van der Waals surface area contributed by atoms with Gasteiger partial charge in [-0.1, -0.05) is 20.8 Å². The highest BCUT2D eigenvalue weighted by molar-refractivity contribution is 5.14. The average Bonchev–Trinajstić information content (AvgIpc) is 2.71.